The molecule has 0 aliphatic heterocycles. The normalized spacial score (nSPS) is 17.4. The van der Waals surface area contributed by atoms with Crippen molar-refractivity contribution in [1.29, 1.82) is 0 Å². The minimum Gasteiger partial charge on any atom is -0.355 e. The van der Waals surface area contributed by atoms with E-state index in [0.717, 1.165) is 50.2 Å². The molecule has 3 heteroatoms. The molecule has 0 aromatic carbocycles. The first-order valence-corrected chi connectivity index (χ1v) is 9.18. The van der Waals surface area contributed by atoms with Crippen LogP contribution in [-0.4, -0.2) is 25.4 Å². The van der Waals surface area contributed by atoms with Crippen LogP contribution >= 0.6 is 11.6 Å². The maximum absolute atomic E-state index is 6.07. The fourth-order valence-corrected chi connectivity index (χ4v) is 3.40. The van der Waals surface area contributed by atoms with Gasteiger partial charge in [-0.05, 0) is 63.2 Å². The third-order valence-corrected chi connectivity index (χ3v) is 4.02. The summed E-state index contributed by atoms with van der Waals surface area (Å²) in [5.41, 5.74) is 0. The summed E-state index contributed by atoms with van der Waals surface area (Å²) >= 11 is 6.07. The van der Waals surface area contributed by atoms with E-state index in [0.29, 0.717) is 12.2 Å². The lowest BCUT2D eigenvalue weighted by atomic mass is 9.86. The van der Waals surface area contributed by atoms with Gasteiger partial charge in [-0.3, -0.25) is 0 Å². The molecule has 0 aromatic rings. The largest absolute Gasteiger partial charge is 0.355 e. The molecule has 0 saturated carbocycles. The Labute approximate surface area is 137 Å². The molecule has 128 valence electrons. The van der Waals surface area contributed by atoms with E-state index in [1.54, 1.807) is 0 Å². The third-order valence-electron chi connectivity index (χ3n) is 3.84. The zero-order valence-corrected chi connectivity index (χ0v) is 15.6. The molecule has 0 rings (SSSR count). The highest BCUT2D eigenvalue weighted by Gasteiger charge is 2.14. The van der Waals surface area contributed by atoms with Crippen LogP contribution in [0, 0.1) is 17.8 Å². The van der Waals surface area contributed by atoms with Crippen molar-refractivity contribution in [1.82, 2.24) is 0 Å². The Kier molecular flexibility index (Phi) is 14.0. The summed E-state index contributed by atoms with van der Waals surface area (Å²) in [7, 11) is 0. The Morgan fingerprint density at radius 1 is 0.810 bits per heavy atom. The van der Waals surface area contributed by atoms with E-state index in [1.165, 1.54) is 19.3 Å². The van der Waals surface area contributed by atoms with Crippen LogP contribution in [0.25, 0.3) is 0 Å². The van der Waals surface area contributed by atoms with E-state index in [4.69, 9.17) is 21.1 Å². The Morgan fingerprint density at radius 2 is 1.38 bits per heavy atom. The number of ether oxygens (including phenoxy) is 2. The first-order valence-electron chi connectivity index (χ1n) is 8.75. The second-order valence-corrected chi connectivity index (χ2v) is 7.63. The molecule has 0 saturated heterocycles. The molecule has 0 amide bonds. The maximum atomic E-state index is 6.07. The van der Waals surface area contributed by atoms with E-state index >= 15 is 0 Å². The molecule has 0 fully saturated rings. The highest BCUT2D eigenvalue weighted by Crippen LogP contribution is 2.25. The molecule has 4 atom stereocenters. The fourth-order valence-electron chi connectivity index (χ4n) is 3.09. The van der Waals surface area contributed by atoms with Crippen LogP contribution in [0.4, 0.5) is 0 Å². The summed E-state index contributed by atoms with van der Waals surface area (Å²) in [6.45, 7) is 13.3. The molecule has 0 aromatic heterocycles. The first kappa shape index (κ1) is 21.2. The first-order chi connectivity index (χ1) is 9.95. The fraction of sp³-hybridized carbons (Fsp3) is 1.00. The van der Waals surface area contributed by atoms with E-state index < -0.39 is 0 Å². The molecular weight excluding hydrogens is 284 g/mol. The highest BCUT2D eigenvalue weighted by atomic mass is 35.5. The third kappa shape index (κ3) is 14.9. The van der Waals surface area contributed by atoms with E-state index in [-0.39, 0.29) is 0 Å². The van der Waals surface area contributed by atoms with E-state index in [2.05, 4.69) is 34.6 Å². The molecule has 4 unspecified atom stereocenters. The summed E-state index contributed by atoms with van der Waals surface area (Å²) in [6.07, 6.45) is 7.18. The van der Waals surface area contributed by atoms with Crippen molar-refractivity contribution in [2.75, 3.05) is 20.0 Å². The van der Waals surface area contributed by atoms with Crippen molar-refractivity contribution in [2.24, 2.45) is 17.8 Å². The Morgan fingerprint density at radius 3 is 2.00 bits per heavy atom. The van der Waals surface area contributed by atoms with Crippen molar-refractivity contribution >= 4 is 11.6 Å². The number of rotatable bonds is 14. The summed E-state index contributed by atoms with van der Waals surface area (Å²) < 4.78 is 10.8. The average Bonchev–Trinajstić information content (AvgIpc) is 2.36. The molecule has 0 N–H and O–H groups in total. The molecule has 0 heterocycles. The molecule has 0 aliphatic rings. The van der Waals surface area contributed by atoms with Gasteiger partial charge in [0.25, 0.3) is 0 Å². The van der Waals surface area contributed by atoms with Crippen LogP contribution in [0.2, 0.25) is 0 Å². The predicted octanol–water partition coefficient (Wildman–Crippen LogP) is 5.87. The van der Waals surface area contributed by atoms with E-state index in [9.17, 15) is 0 Å². The molecule has 0 bridgehead atoms. The molecule has 0 aliphatic carbocycles. The predicted molar refractivity (Wildman–Crippen MR) is 93.0 cm³/mol. The Bertz CT molecular complexity index is 221. The zero-order chi connectivity index (χ0) is 16.1. The van der Waals surface area contributed by atoms with Gasteiger partial charge in [0, 0.05) is 18.6 Å². The average molecular weight is 321 g/mol. The molecule has 2 nitrogen and oxygen atoms in total. The lowest BCUT2D eigenvalue weighted by Gasteiger charge is -2.21. The van der Waals surface area contributed by atoms with Crippen molar-refractivity contribution in [3.63, 3.8) is 0 Å². The second kappa shape index (κ2) is 13.8. The van der Waals surface area contributed by atoms with Gasteiger partial charge in [-0.15, -0.1) is 11.6 Å². The summed E-state index contributed by atoms with van der Waals surface area (Å²) in [5, 5.41) is 0.302. The van der Waals surface area contributed by atoms with Crippen LogP contribution in [-0.2, 0) is 9.47 Å². The van der Waals surface area contributed by atoms with Gasteiger partial charge in [0.2, 0.25) is 0 Å². The molecule has 0 spiro atoms. The van der Waals surface area contributed by atoms with Gasteiger partial charge in [-0.2, -0.15) is 0 Å². The van der Waals surface area contributed by atoms with Crippen molar-refractivity contribution < 1.29 is 9.47 Å². The quantitative estimate of drug-likeness (QED) is 0.226. The highest BCUT2D eigenvalue weighted by molar-refractivity contribution is 6.20. The van der Waals surface area contributed by atoms with Crippen molar-refractivity contribution in [3.05, 3.63) is 0 Å². The SMILES string of the molecule is CCCOCOCCCC(C)CC(C)CC(C)CC(C)Cl. The molecular formula is C18H37ClO2. The van der Waals surface area contributed by atoms with E-state index in [1.807, 2.05) is 0 Å². The van der Waals surface area contributed by atoms with Crippen LogP contribution in [0.3, 0.4) is 0 Å². The minimum atomic E-state index is 0.302. The Hall–Kier alpha value is 0.210. The second-order valence-electron chi connectivity index (χ2n) is 6.88. The minimum absolute atomic E-state index is 0.302. The van der Waals surface area contributed by atoms with Gasteiger partial charge in [-0.1, -0.05) is 27.7 Å². The van der Waals surface area contributed by atoms with Gasteiger partial charge in [0.05, 0.1) is 0 Å². The van der Waals surface area contributed by atoms with Crippen molar-refractivity contribution in [3.8, 4) is 0 Å². The standard InChI is InChI=1S/C18H37ClO2/c1-6-9-20-14-21-10-7-8-15(2)11-16(3)12-17(4)13-18(5)19/h15-18H,6-14H2,1-5H3. The molecule has 0 radical (unpaired) electrons. The van der Waals surface area contributed by atoms with Gasteiger partial charge >= 0.3 is 0 Å². The lowest BCUT2D eigenvalue weighted by Crippen LogP contribution is -2.11. The maximum Gasteiger partial charge on any atom is 0.146 e. The van der Waals surface area contributed by atoms with Gasteiger partial charge in [0.15, 0.2) is 0 Å². The Balaban J connectivity index is 3.53. The van der Waals surface area contributed by atoms with Crippen LogP contribution in [0.15, 0.2) is 0 Å². The summed E-state index contributed by atoms with van der Waals surface area (Å²) in [6, 6.07) is 0. The smallest absolute Gasteiger partial charge is 0.146 e. The number of alkyl halides is 1. The van der Waals surface area contributed by atoms with Gasteiger partial charge < -0.3 is 9.47 Å². The van der Waals surface area contributed by atoms with Gasteiger partial charge in [-0.25, -0.2) is 0 Å². The lowest BCUT2D eigenvalue weighted by molar-refractivity contribution is -0.0549. The number of hydrogen-bond acceptors (Lipinski definition) is 2. The number of halogens is 1. The topological polar surface area (TPSA) is 18.5 Å². The van der Waals surface area contributed by atoms with Crippen LogP contribution in [0.1, 0.15) is 73.1 Å². The van der Waals surface area contributed by atoms with Crippen LogP contribution in [0.5, 0.6) is 0 Å². The van der Waals surface area contributed by atoms with Crippen LogP contribution < -0.4 is 0 Å². The monoisotopic (exact) mass is 320 g/mol. The molecule has 21 heavy (non-hydrogen) atoms. The summed E-state index contributed by atoms with van der Waals surface area (Å²) in [5.74, 6) is 2.30. The van der Waals surface area contributed by atoms with Crippen molar-refractivity contribution in [2.45, 2.75) is 78.5 Å². The zero-order valence-electron chi connectivity index (χ0n) is 14.9. The van der Waals surface area contributed by atoms with Gasteiger partial charge in [0.1, 0.15) is 6.79 Å². The summed E-state index contributed by atoms with van der Waals surface area (Å²) in [4.78, 5) is 0. The number of hydrogen-bond donors (Lipinski definition) is 0.